The van der Waals surface area contributed by atoms with E-state index in [0.717, 1.165) is 18.8 Å². The first-order valence-electron chi connectivity index (χ1n) is 8.30. The maximum absolute atomic E-state index is 12.3. The van der Waals surface area contributed by atoms with Gasteiger partial charge >= 0.3 is 0 Å². The second kappa shape index (κ2) is 7.98. The molecule has 3 rings (SSSR count). The fraction of sp³-hybridized carbons (Fsp3) is 0.316. The maximum atomic E-state index is 12.3. The molecule has 1 fully saturated rings. The fourth-order valence-corrected chi connectivity index (χ4v) is 3.24. The van der Waals surface area contributed by atoms with Crippen LogP contribution < -0.4 is 15.0 Å². The Morgan fingerprint density at radius 3 is 2.44 bits per heavy atom. The number of anilines is 2. The summed E-state index contributed by atoms with van der Waals surface area (Å²) in [6.07, 6.45) is 1.79. The molecular weight excluding hydrogens is 359 g/mol. The zero-order chi connectivity index (χ0) is 17.8. The summed E-state index contributed by atoms with van der Waals surface area (Å²) in [5.74, 6) is 0.193. The summed E-state index contributed by atoms with van der Waals surface area (Å²) in [6, 6.07) is 12.8. The lowest BCUT2D eigenvalue weighted by Crippen LogP contribution is -2.30. The van der Waals surface area contributed by atoms with Gasteiger partial charge in [0.1, 0.15) is 5.75 Å². The van der Waals surface area contributed by atoms with Gasteiger partial charge in [-0.2, -0.15) is 0 Å². The third-order valence-electron chi connectivity index (χ3n) is 4.17. The number of rotatable bonds is 5. The van der Waals surface area contributed by atoms with Crippen LogP contribution >= 0.6 is 23.2 Å². The first-order chi connectivity index (χ1) is 12.0. The molecule has 25 heavy (non-hydrogen) atoms. The standard InChI is InChI=1S/C19H20Cl2N2O2/c1-13(25-18-9-4-14(20)12-17(18)21)19(24)22-15-5-7-16(8-6-15)23-10-2-3-11-23/h4-9,12-13H,2-3,10-11H2,1H3,(H,22,24)/t13-/m1/s1. The van der Waals surface area contributed by atoms with Crippen LogP contribution in [0.2, 0.25) is 10.0 Å². The van der Waals surface area contributed by atoms with Gasteiger partial charge in [0.25, 0.3) is 5.91 Å². The Labute approximate surface area is 157 Å². The van der Waals surface area contributed by atoms with Gasteiger partial charge in [-0.3, -0.25) is 4.79 Å². The van der Waals surface area contributed by atoms with E-state index in [1.807, 2.05) is 24.3 Å². The van der Waals surface area contributed by atoms with E-state index in [2.05, 4.69) is 10.2 Å². The Balaban J connectivity index is 1.59. The number of nitrogens with zero attached hydrogens (tertiary/aromatic N) is 1. The van der Waals surface area contributed by atoms with Gasteiger partial charge < -0.3 is 15.0 Å². The van der Waals surface area contributed by atoms with Crippen LogP contribution in [0.25, 0.3) is 0 Å². The third kappa shape index (κ3) is 4.59. The van der Waals surface area contributed by atoms with Gasteiger partial charge in [-0.25, -0.2) is 0 Å². The van der Waals surface area contributed by atoms with Gasteiger partial charge in [-0.05, 0) is 62.2 Å². The zero-order valence-electron chi connectivity index (χ0n) is 14.0. The molecule has 0 bridgehead atoms. The minimum absolute atomic E-state index is 0.236. The van der Waals surface area contributed by atoms with Crippen LogP contribution in [0.15, 0.2) is 42.5 Å². The molecule has 0 aromatic heterocycles. The highest BCUT2D eigenvalue weighted by Crippen LogP contribution is 2.28. The highest BCUT2D eigenvalue weighted by molar-refractivity contribution is 6.35. The van der Waals surface area contributed by atoms with Crippen molar-refractivity contribution in [1.29, 1.82) is 0 Å². The van der Waals surface area contributed by atoms with E-state index in [-0.39, 0.29) is 5.91 Å². The molecule has 0 unspecified atom stereocenters. The summed E-state index contributed by atoms with van der Waals surface area (Å²) in [4.78, 5) is 14.7. The molecule has 0 aliphatic carbocycles. The van der Waals surface area contributed by atoms with E-state index in [1.165, 1.54) is 18.5 Å². The third-order valence-corrected chi connectivity index (χ3v) is 4.70. The smallest absolute Gasteiger partial charge is 0.265 e. The van der Waals surface area contributed by atoms with E-state index in [0.29, 0.717) is 15.8 Å². The molecule has 0 spiro atoms. The highest BCUT2D eigenvalue weighted by atomic mass is 35.5. The van der Waals surface area contributed by atoms with Crippen molar-refractivity contribution >= 4 is 40.5 Å². The molecular formula is C19H20Cl2N2O2. The fourth-order valence-electron chi connectivity index (χ4n) is 2.79. The van der Waals surface area contributed by atoms with Gasteiger partial charge in [0.05, 0.1) is 5.02 Å². The summed E-state index contributed by atoms with van der Waals surface area (Å²) in [6.45, 7) is 3.87. The Morgan fingerprint density at radius 1 is 1.12 bits per heavy atom. The highest BCUT2D eigenvalue weighted by Gasteiger charge is 2.17. The van der Waals surface area contributed by atoms with Crippen LogP contribution in [0.3, 0.4) is 0 Å². The lowest BCUT2D eigenvalue weighted by atomic mass is 10.2. The van der Waals surface area contributed by atoms with Crippen LogP contribution in [0.5, 0.6) is 5.75 Å². The molecule has 1 atom stereocenters. The summed E-state index contributed by atoms with van der Waals surface area (Å²) in [5.41, 5.74) is 1.93. The lowest BCUT2D eigenvalue weighted by Gasteiger charge is -2.18. The first kappa shape index (κ1) is 17.9. The second-order valence-electron chi connectivity index (χ2n) is 6.07. The number of carbonyl (C=O) groups excluding carboxylic acids is 1. The maximum Gasteiger partial charge on any atom is 0.265 e. The molecule has 4 nitrogen and oxygen atoms in total. The van der Waals surface area contributed by atoms with Crippen molar-refractivity contribution < 1.29 is 9.53 Å². The topological polar surface area (TPSA) is 41.6 Å². The van der Waals surface area contributed by atoms with Crippen LogP contribution in [0.1, 0.15) is 19.8 Å². The van der Waals surface area contributed by atoms with Crippen LogP contribution in [0, 0.1) is 0 Å². The molecule has 0 radical (unpaired) electrons. The predicted octanol–water partition coefficient (Wildman–Crippen LogP) is 5.00. The van der Waals surface area contributed by atoms with E-state index in [4.69, 9.17) is 27.9 Å². The van der Waals surface area contributed by atoms with Gasteiger partial charge in [0.2, 0.25) is 0 Å². The number of benzene rings is 2. The molecule has 1 aliphatic heterocycles. The number of hydrogen-bond donors (Lipinski definition) is 1. The van der Waals surface area contributed by atoms with Crippen LogP contribution in [-0.2, 0) is 4.79 Å². The van der Waals surface area contributed by atoms with Gasteiger partial charge in [-0.1, -0.05) is 23.2 Å². The van der Waals surface area contributed by atoms with E-state index >= 15 is 0 Å². The Morgan fingerprint density at radius 2 is 1.80 bits per heavy atom. The minimum Gasteiger partial charge on any atom is -0.479 e. The number of halogens is 2. The monoisotopic (exact) mass is 378 g/mol. The number of ether oxygens (including phenoxy) is 1. The van der Waals surface area contributed by atoms with E-state index in [1.54, 1.807) is 25.1 Å². The Bertz CT molecular complexity index is 744. The normalized spacial score (nSPS) is 15.1. The van der Waals surface area contributed by atoms with Crippen LogP contribution in [0.4, 0.5) is 11.4 Å². The first-order valence-corrected chi connectivity index (χ1v) is 9.06. The van der Waals surface area contributed by atoms with Crippen molar-refractivity contribution in [3.8, 4) is 5.75 Å². The SMILES string of the molecule is C[C@@H](Oc1ccc(Cl)cc1Cl)C(=O)Nc1ccc(N2CCCC2)cc1. The molecule has 132 valence electrons. The van der Waals surface area contributed by atoms with Crippen LogP contribution in [-0.4, -0.2) is 25.1 Å². The number of carbonyl (C=O) groups is 1. The average Bonchev–Trinajstić information content (AvgIpc) is 3.12. The molecule has 2 aromatic rings. The van der Waals surface area contributed by atoms with Crippen molar-refractivity contribution in [2.75, 3.05) is 23.3 Å². The Hall–Kier alpha value is -1.91. The number of hydrogen-bond acceptors (Lipinski definition) is 3. The second-order valence-corrected chi connectivity index (χ2v) is 6.91. The number of amides is 1. The predicted molar refractivity (Wildman–Crippen MR) is 103 cm³/mol. The summed E-state index contributed by atoms with van der Waals surface area (Å²) >= 11 is 11.9. The number of nitrogens with one attached hydrogen (secondary N) is 1. The lowest BCUT2D eigenvalue weighted by molar-refractivity contribution is -0.122. The van der Waals surface area contributed by atoms with Gasteiger partial charge in [0, 0.05) is 29.5 Å². The summed E-state index contributed by atoms with van der Waals surface area (Å²) < 4.78 is 5.63. The van der Waals surface area contributed by atoms with Gasteiger partial charge in [0.15, 0.2) is 6.10 Å². The average molecular weight is 379 g/mol. The van der Waals surface area contributed by atoms with Gasteiger partial charge in [-0.15, -0.1) is 0 Å². The quantitative estimate of drug-likeness (QED) is 0.795. The molecule has 1 heterocycles. The van der Waals surface area contributed by atoms with Crippen molar-refractivity contribution in [2.45, 2.75) is 25.9 Å². The molecule has 1 saturated heterocycles. The van der Waals surface area contributed by atoms with Crippen molar-refractivity contribution in [3.05, 3.63) is 52.5 Å². The largest absolute Gasteiger partial charge is 0.479 e. The summed E-state index contributed by atoms with van der Waals surface area (Å²) in [7, 11) is 0. The zero-order valence-corrected chi connectivity index (χ0v) is 15.5. The van der Waals surface area contributed by atoms with E-state index < -0.39 is 6.10 Å². The molecule has 1 amide bonds. The Kier molecular flexibility index (Phi) is 5.71. The van der Waals surface area contributed by atoms with Crippen molar-refractivity contribution in [3.63, 3.8) is 0 Å². The molecule has 6 heteroatoms. The molecule has 2 aromatic carbocycles. The molecule has 1 N–H and O–H groups in total. The van der Waals surface area contributed by atoms with Crippen molar-refractivity contribution in [1.82, 2.24) is 0 Å². The van der Waals surface area contributed by atoms with E-state index in [9.17, 15) is 4.79 Å². The molecule has 0 saturated carbocycles. The molecule has 1 aliphatic rings. The summed E-state index contributed by atoms with van der Waals surface area (Å²) in [5, 5.41) is 3.76. The van der Waals surface area contributed by atoms with Crippen molar-refractivity contribution in [2.24, 2.45) is 0 Å². The minimum atomic E-state index is -0.683.